The van der Waals surface area contributed by atoms with Gasteiger partial charge in [-0.15, -0.1) is 0 Å². The highest BCUT2D eigenvalue weighted by Crippen LogP contribution is 2.25. The predicted octanol–water partition coefficient (Wildman–Crippen LogP) is 2.17. The Morgan fingerprint density at radius 3 is 2.42 bits per heavy atom. The van der Waals surface area contributed by atoms with E-state index in [0.29, 0.717) is 6.04 Å². The molecule has 0 aromatic carbocycles. The Morgan fingerprint density at radius 1 is 1.08 bits per heavy atom. The zero-order chi connectivity index (χ0) is 8.23. The minimum Gasteiger partial charge on any atom is -0.250 e. The van der Waals surface area contributed by atoms with Crippen LogP contribution in [0.15, 0.2) is 12.7 Å². The topological polar surface area (TPSA) is 30.7 Å². The van der Waals surface area contributed by atoms with Crippen LogP contribution in [-0.2, 0) is 0 Å². The summed E-state index contributed by atoms with van der Waals surface area (Å²) in [7, 11) is 0. The summed E-state index contributed by atoms with van der Waals surface area (Å²) in [5, 5.41) is 4.19. The van der Waals surface area contributed by atoms with Crippen LogP contribution in [0.2, 0.25) is 0 Å². The van der Waals surface area contributed by atoms with Crippen LogP contribution in [0.5, 0.6) is 0 Å². The molecule has 1 aromatic rings. The van der Waals surface area contributed by atoms with E-state index in [4.69, 9.17) is 0 Å². The number of nitrogens with zero attached hydrogens (tertiary/aromatic N) is 3. The van der Waals surface area contributed by atoms with Gasteiger partial charge in [-0.25, -0.2) is 9.67 Å². The van der Waals surface area contributed by atoms with Gasteiger partial charge in [-0.05, 0) is 12.8 Å². The molecule has 2 rings (SSSR count). The van der Waals surface area contributed by atoms with Crippen molar-refractivity contribution in [3.63, 3.8) is 0 Å². The lowest BCUT2D eigenvalue weighted by atomic mass is 10.1. The molecule has 66 valence electrons. The summed E-state index contributed by atoms with van der Waals surface area (Å²) in [4.78, 5) is 3.98. The van der Waals surface area contributed by atoms with Gasteiger partial charge in [-0.2, -0.15) is 5.10 Å². The standard InChI is InChI=1S/C9H15N3/c1-2-4-6-9(5-3-1)12-8-10-7-11-12/h7-9H,1-6H2. The molecule has 0 unspecified atom stereocenters. The molecule has 0 atom stereocenters. The summed E-state index contributed by atoms with van der Waals surface area (Å²) in [5.74, 6) is 0. The molecule has 0 bridgehead atoms. The van der Waals surface area contributed by atoms with Gasteiger partial charge in [-0.3, -0.25) is 0 Å². The van der Waals surface area contributed by atoms with Crippen LogP contribution >= 0.6 is 0 Å². The summed E-state index contributed by atoms with van der Waals surface area (Å²) >= 11 is 0. The molecule has 12 heavy (non-hydrogen) atoms. The van der Waals surface area contributed by atoms with Gasteiger partial charge < -0.3 is 0 Å². The summed E-state index contributed by atoms with van der Waals surface area (Å²) in [6, 6.07) is 0.620. The molecule has 0 aliphatic heterocycles. The Kier molecular flexibility index (Phi) is 2.39. The smallest absolute Gasteiger partial charge is 0.137 e. The van der Waals surface area contributed by atoms with Crippen LogP contribution in [0.25, 0.3) is 0 Å². The van der Waals surface area contributed by atoms with Crippen LogP contribution in [0.4, 0.5) is 0 Å². The van der Waals surface area contributed by atoms with Crippen LogP contribution < -0.4 is 0 Å². The van der Waals surface area contributed by atoms with Gasteiger partial charge in [0.25, 0.3) is 0 Å². The first kappa shape index (κ1) is 7.77. The molecule has 1 aromatic heterocycles. The van der Waals surface area contributed by atoms with Gasteiger partial charge >= 0.3 is 0 Å². The van der Waals surface area contributed by atoms with Crippen molar-refractivity contribution in [2.24, 2.45) is 0 Å². The van der Waals surface area contributed by atoms with Gasteiger partial charge in [0.15, 0.2) is 0 Å². The van der Waals surface area contributed by atoms with E-state index < -0.39 is 0 Å². The summed E-state index contributed by atoms with van der Waals surface area (Å²) in [5.41, 5.74) is 0. The second kappa shape index (κ2) is 3.70. The first-order valence-electron chi connectivity index (χ1n) is 4.81. The largest absolute Gasteiger partial charge is 0.250 e. The van der Waals surface area contributed by atoms with E-state index in [9.17, 15) is 0 Å². The van der Waals surface area contributed by atoms with Crippen LogP contribution in [0, 0.1) is 0 Å². The molecule has 1 aliphatic carbocycles. The second-order valence-electron chi connectivity index (χ2n) is 3.52. The average molecular weight is 165 g/mol. The van der Waals surface area contributed by atoms with E-state index in [1.54, 1.807) is 6.33 Å². The second-order valence-corrected chi connectivity index (χ2v) is 3.52. The SMILES string of the molecule is c1ncn(C2CCCCCC2)n1. The summed E-state index contributed by atoms with van der Waals surface area (Å²) < 4.78 is 2.02. The maximum atomic E-state index is 4.19. The van der Waals surface area contributed by atoms with Crippen molar-refractivity contribution in [3.8, 4) is 0 Å². The number of hydrogen-bond acceptors (Lipinski definition) is 2. The fourth-order valence-electron chi connectivity index (χ4n) is 1.93. The predicted molar refractivity (Wildman–Crippen MR) is 46.8 cm³/mol. The molecule has 1 fully saturated rings. The lowest BCUT2D eigenvalue weighted by Crippen LogP contribution is -2.08. The molecule has 0 spiro atoms. The maximum Gasteiger partial charge on any atom is 0.137 e. The Labute approximate surface area is 72.8 Å². The van der Waals surface area contributed by atoms with Crippen molar-refractivity contribution >= 4 is 0 Å². The van der Waals surface area contributed by atoms with Crippen molar-refractivity contribution in [2.45, 2.75) is 44.6 Å². The summed E-state index contributed by atoms with van der Waals surface area (Å²) in [6.07, 6.45) is 11.5. The van der Waals surface area contributed by atoms with E-state index in [1.807, 2.05) is 11.0 Å². The minimum absolute atomic E-state index is 0.620. The quantitative estimate of drug-likeness (QED) is 0.597. The Hall–Kier alpha value is -0.860. The third-order valence-corrected chi connectivity index (χ3v) is 2.64. The van der Waals surface area contributed by atoms with Gasteiger partial charge in [0.2, 0.25) is 0 Å². The van der Waals surface area contributed by atoms with Gasteiger partial charge in [0, 0.05) is 0 Å². The fraction of sp³-hybridized carbons (Fsp3) is 0.778. The van der Waals surface area contributed by atoms with Crippen molar-refractivity contribution in [2.75, 3.05) is 0 Å². The molecule has 1 saturated carbocycles. The molecule has 0 saturated heterocycles. The molecular formula is C9H15N3. The first-order valence-corrected chi connectivity index (χ1v) is 4.81. The summed E-state index contributed by atoms with van der Waals surface area (Å²) in [6.45, 7) is 0. The van der Waals surface area contributed by atoms with E-state index in [1.165, 1.54) is 38.5 Å². The Balaban J connectivity index is 2.02. The van der Waals surface area contributed by atoms with Crippen molar-refractivity contribution in [3.05, 3.63) is 12.7 Å². The van der Waals surface area contributed by atoms with Crippen LogP contribution in [0.1, 0.15) is 44.6 Å². The third kappa shape index (κ3) is 1.65. The normalized spacial score (nSPS) is 20.7. The maximum absolute atomic E-state index is 4.19. The number of hydrogen-bond donors (Lipinski definition) is 0. The lowest BCUT2D eigenvalue weighted by Gasteiger charge is -2.12. The number of aromatic nitrogens is 3. The molecule has 1 heterocycles. The zero-order valence-corrected chi connectivity index (χ0v) is 7.32. The van der Waals surface area contributed by atoms with E-state index in [2.05, 4.69) is 10.1 Å². The first-order chi connectivity index (χ1) is 5.97. The van der Waals surface area contributed by atoms with Crippen LogP contribution in [0.3, 0.4) is 0 Å². The molecule has 3 nitrogen and oxygen atoms in total. The molecule has 0 N–H and O–H groups in total. The average Bonchev–Trinajstić information content (AvgIpc) is 2.48. The molecule has 0 amide bonds. The van der Waals surface area contributed by atoms with Crippen molar-refractivity contribution in [1.29, 1.82) is 0 Å². The van der Waals surface area contributed by atoms with Gasteiger partial charge in [-0.1, -0.05) is 25.7 Å². The van der Waals surface area contributed by atoms with E-state index in [-0.39, 0.29) is 0 Å². The molecule has 1 aliphatic rings. The third-order valence-electron chi connectivity index (χ3n) is 2.64. The van der Waals surface area contributed by atoms with E-state index in [0.717, 1.165) is 0 Å². The Morgan fingerprint density at radius 2 is 1.83 bits per heavy atom. The zero-order valence-electron chi connectivity index (χ0n) is 7.32. The van der Waals surface area contributed by atoms with Crippen molar-refractivity contribution in [1.82, 2.24) is 14.8 Å². The van der Waals surface area contributed by atoms with Gasteiger partial charge in [0.05, 0.1) is 6.04 Å². The van der Waals surface area contributed by atoms with Gasteiger partial charge in [0.1, 0.15) is 12.7 Å². The van der Waals surface area contributed by atoms with E-state index >= 15 is 0 Å². The fourth-order valence-corrected chi connectivity index (χ4v) is 1.93. The van der Waals surface area contributed by atoms with Crippen molar-refractivity contribution < 1.29 is 0 Å². The van der Waals surface area contributed by atoms with Crippen LogP contribution in [-0.4, -0.2) is 14.8 Å². The highest BCUT2D eigenvalue weighted by Gasteiger charge is 2.13. The highest BCUT2D eigenvalue weighted by molar-refractivity contribution is 4.71. The Bertz CT molecular complexity index is 210. The number of rotatable bonds is 1. The molecule has 3 heteroatoms. The molecule has 0 radical (unpaired) electrons. The highest BCUT2D eigenvalue weighted by atomic mass is 15.3. The molecular weight excluding hydrogens is 150 g/mol. The lowest BCUT2D eigenvalue weighted by molar-refractivity contribution is 0.404. The monoisotopic (exact) mass is 165 g/mol. The minimum atomic E-state index is 0.620.